The summed E-state index contributed by atoms with van der Waals surface area (Å²) in [6.45, 7) is 9.05. The first-order valence-electron chi connectivity index (χ1n) is 5.18. The molecular weight excluding hydrogens is 203 g/mol. The topological polar surface area (TPSA) is 27.0 Å². The van der Waals surface area contributed by atoms with Gasteiger partial charge in [0.1, 0.15) is 17.4 Å². The maximum atomic E-state index is 13.4. The van der Waals surface area contributed by atoms with E-state index in [9.17, 15) is 4.39 Å². The molecule has 0 N–H and O–H groups in total. The van der Waals surface area contributed by atoms with E-state index in [-0.39, 0.29) is 5.56 Å². The molecule has 0 saturated carbocycles. The van der Waals surface area contributed by atoms with Crippen molar-refractivity contribution in [1.29, 1.82) is 5.26 Å². The monoisotopic (exact) mass is 218 g/mol. The molecule has 0 aromatic heterocycles. The van der Waals surface area contributed by atoms with Crippen molar-refractivity contribution in [3.8, 4) is 6.07 Å². The van der Waals surface area contributed by atoms with Gasteiger partial charge < -0.3 is 4.90 Å². The number of benzene rings is 1. The SMILES string of the molecule is C=C(C)CN(CC)c1cccc(F)c1C#N. The van der Waals surface area contributed by atoms with Crippen molar-refractivity contribution in [1.82, 2.24) is 0 Å². The lowest BCUT2D eigenvalue weighted by atomic mass is 10.1. The number of hydrogen-bond donors (Lipinski definition) is 0. The van der Waals surface area contributed by atoms with Crippen LogP contribution in [-0.4, -0.2) is 13.1 Å². The molecule has 0 atom stereocenters. The van der Waals surface area contributed by atoms with Crippen LogP contribution < -0.4 is 4.90 Å². The quantitative estimate of drug-likeness (QED) is 0.726. The highest BCUT2D eigenvalue weighted by molar-refractivity contribution is 5.60. The van der Waals surface area contributed by atoms with Crippen LogP contribution in [0.4, 0.5) is 10.1 Å². The third-order valence-electron chi connectivity index (χ3n) is 2.29. The van der Waals surface area contributed by atoms with E-state index < -0.39 is 5.82 Å². The smallest absolute Gasteiger partial charge is 0.143 e. The van der Waals surface area contributed by atoms with E-state index >= 15 is 0 Å². The summed E-state index contributed by atoms with van der Waals surface area (Å²) in [6, 6.07) is 6.58. The molecule has 0 radical (unpaired) electrons. The molecule has 84 valence electrons. The fraction of sp³-hybridized carbons (Fsp3) is 0.308. The van der Waals surface area contributed by atoms with Gasteiger partial charge >= 0.3 is 0 Å². The molecule has 16 heavy (non-hydrogen) atoms. The van der Waals surface area contributed by atoms with E-state index in [1.54, 1.807) is 12.1 Å². The van der Waals surface area contributed by atoms with Crippen LogP contribution in [-0.2, 0) is 0 Å². The molecule has 3 heteroatoms. The highest BCUT2D eigenvalue weighted by Gasteiger charge is 2.13. The van der Waals surface area contributed by atoms with Crippen LogP contribution in [0.15, 0.2) is 30.4 Å². The summed E-state index contributed by atoms with van der Waals surface area (Å²) in [5.74, 6) is -0.472. The van der Waals surface area contributed by atoms with Crippen LogP contribution >= 0.6 is 0 Å². The molecule has 1 rings (SSSR count). The Balaban J connectivity index is 3.15. The van der Waals surface area contributed by atoms with Crippen molar-refractivity contribution < 1.29 is 4.39 Å². The number of anilines is 1. The van der Waals surface area contributed by atoms with Gasteiger partial charge in [0.15, 0.2) is 0 Å². The van der Waals surface area contributed by atoms with Crippen molar-refractivity contribution in [3.63, 3.8) is 0 Å². The fourth-order valence-corrected chi connectivity index (χ4v) is 1.58. The normalized spacial score (nSPS) is 9.62. The van der Waals surface area contributed by atoms with Gasteiger partial charge in [0, 0.05) is 13.1 Å². The van der Waals surface area contributed by atoms with E-state index in [1.807, 2.05) is 24.8 Å². The molecule has 0 amide bonds. The summed E-state index contributed by atoms with van der Waals surface area (Å²) in [5, 5.41) is 8.94. The Morgan fingerprint density at radius 3 is 2.75 bits per heavy atom. The summed E-state index contributed by atoms with van der Waals surface area (Å²) < 4.78 is 13.4. The van der Waals surface area contributed by atoms with Crippen molar-refractivity contribution in [3.05, 3.63) is 41.7 Å². The van der Waals surface area contributed by atoms with E-state index in [1.165, 1.54) is 6.07 Å². The van der Waals surface area contributed by atoms with E-state index in [4.69, 9.17) is 5.26 Å². The zero-order valence-electron chi connectivity index (χ0n) is 9.63. The predicted octanol–water partition coefficient (Wildman–Crippen LogP) is 3.10. The molecule has 0 aliphatic rings. The van der Waals surface area contributed by atoms with E-state index in [2.05, 4.69) is 6.58 Å². The van der Waals surface area contributed by atoms with Gasteiger partial charge in [0.2, 0.25) is 0 Å². The molecule has 1 aromatic carbocycles. The Bertz CT molecular complexity index is 432. The molecule has 0 fully saturated rings. The van der Waals surface area contributed by atoms with Crippen LogP contribution in [0, 0.1) is 17.1 Å². The highest BCUT2D eigenvalue weighted by Crippen LogP contribution is 2.22. The van der Waals surface area contributed by atoms with E-state index in [0.717, 1.165) is 5.57 Å². The summed E-state index contributed by atoms with van der Waals surface area (Å²) in [4.78, 5) is 1.93. The molecule has 0 aliphatic carbocycles. The number of likely N-dealkylation sites (N-methyl/N-ethyl adjacent to an activating group) is 1. The Morgan fingerprint density at radius 1 is 1.56 bits per heavy atom. The van der Waals surface area contributed by atoms with Crippen LogP contribution in [0.2, 0.25) is 0 Å². The minimum Gasteiger partial charge on any atom is -0.367 e. The first-order chi connectivity index (χ1) is 7.60. The maximum Gasteiger partial charge on any atom is 0.143 e. The number of nitrogens with zero attached hydrogens (tertiary/aromatic N) is 2. The summed E-state index contributed by atoms with van der Waals surface area (Å²) >= 11 is 0. The number of nitriles is 1. The molecule has 1 aromatic rings. The number of rotatable bonds is 4. The number of halogens is 1. The molecule has 0 spiro atoms. The molecular formula is C13H15FN2. The minimum absolute atomic E-state index is 0.102. The highest BCUT2D eigenvalue weighted by atomic mass is 19.1. The molecule has 0 saturated heterocycles. The summed E-state index contributed by atoms with van der Waals surface area (Å²) in [7, 11) is 0. The molecule has 2 nitrogen and oxygen atoms in total. The Kier molecular flexibility index (Phi) is 4.07. The Hall–Kier alpha value is -1.82. The largest absolute Gasteiger partial charge is 0.367 e. The third kappa shape index (κ3) is 2.60. The van der Waals surface area contributed by atoms with Crippen molar-refractivity contribution in [2.75, 3.05) is 18.0 Å². The van der Waals surface area contributed by atoms with Crippen molar-refractivity contribution in [2.24, 2.45) is 0 Å². The van der Waals surface area contributed by atoms with Gasteiger partial charge in [0.05, 0.1) is 5.69 Å². The first-order valence-corrected chi connectivity index (χ1v) is 5.18. The Labute approximate surface area is 95.6 Å². The second kappa shape index (κ2) is 5.32. The lowest BCUT2D eigenvalue weighted by Crippen LogP contribution is -2.25. The molecule has 0 unspecified atom stereocenters. The predicted molar refractivity (Wildman–Crippen MR) is 63.8 cm³/mol. The van der Waals surface area contributed by atoms with Gasteiger partial charge in [-0.05, 0) is 26.0 Å². The average Bonchev–Trinajstić information content (AvgIpc) is 2.25. The second-order valence-electron chi connectivity index (χ2n) is 3.72. The van der Waals surface area contributed by atoms with Crippen LogP contribution in [0.3, 0.4) is 0 Å². The summed E-state index contributed by atoms with van der Waals surface area (Å²) in [6.07, 6.45) is 0. The number of hydrogen-bond acceptors (Lipinski definition) is 2. The van der Waals surface area contributed by atoms with Gasteiger partial charge in [-0.15, -0.1) is 0 Å². The van der Waals surface area contributed by atoms with Gasteiger partial charge in [0.25, 0.3) is 0 Å². The van der Waals surface area contributed by atoms with Crippen LogP contribution in [0.1, 0.15) is 19.4 Å². The van der Waals surface area contributed by atoms with Crippen molar-refractivity contribution >= 4 is 5.69 Å². The van der Waals surface area contributed by atoms with Gasteiger partial charge in [-0.2, -0.15) is 5.26 Å². The van der Waals surface area contributed by atoms with Crippen LogP contribution in [0.5, 0.6) is 0 Å². The molecule has 0 bridgehead atoms. The fourth-order valence-electron chi connectivity index (χ4n) is 1.58. The second-order valence-corrected chi connectivity index (χ2v) is 3.72. The third-order valence-corrected chi connectivity index (χ3v) is 2.29. The van der Waals surface area contributed by atoms with Gasteiger partial charge in [-0.1, -0.05) is 18.2 Å². The average molecular weight is 218 g/mol. The van der Waals surface area contributed by atoms with Crippen molar-refractivity contribution in [2.45, 2.75) is 13.8 Å². The van der Waals surface area contributed by atoms with Gasteiger partial charge in [-0.3, -0.25) is 0 Å². The zero-order valence-corrected chi connectivity index (χ0v) is 9.63. The van der Waals surface area contributed by atoms with E-state index in [0.29, 0.717) is 18.8 Å². The minimum atomic E-state index is -0.472. The first kappa shape index (κ1) is 12.3. The summed E-state index contributed by atoms with van der Waals surface area (Å²) in [5.41, 5.74) is 1.72. The Morgan fingerprint density at radius 2 is 2.25 bits per heavy atom. The lowest BCUT2D eigenvalue weighted by Gasteiger charge is -2.24. The molecule has 0 aliphatic heterocycles. The lowest BCUT2D eigenvalue weighted by molar-refractivity contribution is 0.623. The standard InChI is InChI=1S/C13H15FN2/c1-4-16(9-10(2)3)13-7-5-6-12(14)11(13)8-15/h5-7H,2,4,9H2,1,3H3. The van der Waals surface area contributed by atoms with Gasteiger partial charge in [-0.25, -0.2) is 4.39 Å². The maximum absolute atomic E-state index is 13.4. The van der Waals surface area contributed by atoms with Crippen LogP contribution in [0.25, 0.3) is 0 Å². The zero-order chi connectivity index (χ0) is 12.1. The molecule has 0 heterocycles.